The third-order valence-electron chi connectivity index (χ3n) is 3.64. The maximum Gasteiger partial charge on any atom is 0.408 e. The minimum absolute atomic E-state index is 0.195. The molecule has 0 radical (unpaired) electrons. The van der Waals surface area contributed by atoms with E-state index in [-0.39, 0.29) is 6.61 Å². The quantitative estimate of drug-likeness (QED) is 0.320. The molecule has 0 aromatic heterocycles. The SMILES string of the molecule is CCCCCCCC(C#CC(=O)OC)NC(=O)OCc1ccccc1. The normalized spacial score (nSPS) is 11.0. The zero-order valence-electron chi connectivity index (χ0n) is 15.0. The summed E-state index contributed by atoms with van der Waals surface area (Å²) in [6.07, 6.45) is 5.67. The summed E-state index contributed by atoms with van der Waals surface area (Å²) in [5.41, 5.74) is 0.911. The molecule has 1 rings (SSSR count). The summed E-state index contributed by atoms with van der Waals surface area (Å²) < 4.78 is 9.71. The number of esters is 1. The number of alkyl carbamates (subject to hydrolysis) is 1. The van der Waals surface area contributed by atoms with Crippen molar-refractivity contribution >= 4 is 12.1 Å². The highest BCUT2D eigenvalue weighted by Gasteiger charge is 2.11. The van der Waals surface area contributed by atoms with E-state index in [4.69, 9.17) is 4.74 Å². The van der Waals surface area contributed by atoms with Crippen LogP contribution >= 0.6 is 0 Å². The molecule has 0 aliphatic rings. The molecule has 0 bridgehead atoms. The van der Waals surface area contributed by atoms with Gasteiger partial charge in [0.2, 0.25) is 0 Å². The van der Waals surface area contributed by atoms with Gasteiger partial charge < -0.3 is 14.8 Å². The fourth-order valence-electron chi connectivity index (χ4n) is 2.24. The molecule has 136 valence electrons. The van der Waals surface area contributed by atoms with E-state index in [1.165, 1.54) is 20.0 Å². The topological polar surface area (TPSA) is 64.6 Å². The molecular weight excluding hydrogens is 318 g/mol. The summed E-state index contributed by atoms with van der Waals surface area (Å²) in [6, 6.07) is 9.02. The highest BCUT2D eigenvalue weighted by molar-refractivity contribution is 5.88. The first-order valence-electron chi connectivity index (χ1n) is 8.72. The summed E-state index contributed by atoms with van der Waals surface area (Å²) in [7, 11) is 1.28. The van der Waals surface area contributed by atoms with Gasteiger partial charge in [-0.1, -0.05) is 75.3 Å². The van der Waals surface area contributed by atoms with Crippen LogP contribution < -0.4 is 5.32 Å². The Morgan fingerprint density at radius 1 is 1.12 bits per heavy atom. The van der Waals surface area contributed by atoms with Crippen molar-refractivity contribution < 1.29 is 19.1 Å². The lowest BCUT2D eigenvalue weighted by Gasteiger charge is -2.13. The lowest BCUT2D eigenvalue weighted by atomic mass is 10.1. The molecule has 1 unspecified atom stereocenters. The molecule has 1 aromatic carbocycles. The van der Waals surface area contributed by atoms with E-state index in [0.29, 0.717) is 6.42 Å². The number of carbonyl (C=O) groups is 2. The number of carbonyl (C=O) groups excluding carboxylic acids is 2. The second-order valence-corrected chi connectivity index (χ2v) is 5.72. The molecule has 1 amide bonds. The van der Waals surface area contributed by atoms with Crippen LogP contribution in [0.5, 0.6) is 0 Å². The predicted octanol–water partition coefficient (Wildman–Crippen LogP) is 3.82. The summed E-state index contributed by atoms with van der Waals surface area (Å²) in [4.78, 5) is 23.1. The van der Waals surface area contributed by atoms with Crippen LogP contribution in [0.1, 0.15) is 51.0 Å². The van der Waals surface area contributed by atoms with Crippen molar-refractivity contribution in [2.75, 3.05) is 7.11 Å². The van der Waals surface area contributed by atoms with E-state index in [1.54, 1.807) is 0 Å². The number of hydrogen-bond donors (Lipinski definition) is 1. The molecule has 25 heavy (non-hydrogen) atoms. The van der Waals surface area contributed by atoms with Gasteiger partial charge in [-0.15, -0.1) is 0 Å². The van der Waals surface area contributed by atoms with E-state index in [0.717, 1.165) is 24.8 Å². The molecule has 5 heteroatoms. The first kappa shape index (κ1) is 20.6. The highest BCUT2D eigenvalue weighted by atomic mass is 16.5. The molecule has 5 nitrogen and oxygen atoms in total. The van der Waals surface area contributed by atoms with Crippen LogP contribution in [0.15, 0.2) is 30.3 Å². The van der Waals surface area contributed by atoms with Crippen molar-refractivity contribution in [1.82, 2.24) is 5.32 Å². The van der Waals surface area contributed by atoms with Crippen molar-refractivity contribution in [3.8, 4) is 11.8 Å². The van der Waals surface area contributed by atoms with Gasteiger partial charge in [-0.2, -0.15) is 0 Å². The molecule has 0 heterocycles. The number of nitrogens with one attached hydrogen (secondary N) is 1. The van der Waals surface area contributed by atoms with Crippen molar-refractivity contribution in [2.24, 2.45) is 0 Å². The monoisotopic (exact) mass is 345 g/mol. The van der Waals surface area contributed by atoms with Crippen molar-refractivity contribution in [1.29, 1.82) is 0 Å². The molecule has 0 saturated carbocycles. The van der Waals surface area contributed by atoms with Gasteiger partial charge in [0.25, 0.3) is 0 Å². The molecule has 0 aliphatic heterocycles. The number of methoxy groups -OCH3 is 1. The lowest BCUT2D eigenvalue weighted by Crippen LogP contribution is -2.34. The molecular formula is C20H27NO4. The molecule has 0 aliphatic carbocycles. The summed E-state index contributed by atoms with van der Waals surface area (Å²) in [5.74, 6) is 4.52. The zero-order chi connectivity index (χ0) is 18.3. The van der Waals surface area contributed by atoms with Crippen LogP contribution in [-0.4, -0.2) is 25.2 Å². The number of benzene rings is 1. The number of hydrogen-bond acceptors (Lipinski definition) is 4. The first-order chi connectivity index (χ1) is 12.2. The standard InChI is InChI=1S/C20H27NO4/c1-3-4-5-6-10-13-18(14-15-19(22)24-2)21-20(23)25-16-17-11-8-7-9-12-17/h7-9,11-12,18H,3-6,10,13,16H2,1-2H3,(H,21,23). The second kappa shape index (κ2) is 12.9. The predicted molar refractivity (Wildman–Crippen MR) is 96.7 cm³/mol. The van der Waals surface area contributed by atoms with E-state index < -0.39 is 18.1 Å². The largest absolute Gasteiger partial charge is 0.459 e. The summed E-state index contributed by atoms with van der Waals surface area (Å²) in [6.45, 7) is 2.36. The van der Waals surface area contributed by atoms with E-state index in [9.17, 15) is 9.59 Å². The van der Waals surface area contributed by atoms with Gasteiger partial charge in [-0.3, -0.25) is 0 Å². The van der Waals surface area contributed by atoms with Gasteiger partial charge in [-0.25, -0.2) is 9.59 Å². The maximum absolute atomic E-state index is 12.0. The Bertz CT molecular complexity index is 574. The molecule has 1 atom stereocenters. The average Bonchev–Trinajstić information content (AvgIpc) is 2.64. The van der Waals surface area contributed by atoms with E-state index in [2.05, 4.69) is 28.8 Å². The summed E-state index contributed by atoms with van der Waals surface area (Å²) >= 11 is 0. The summed E-state index contributed by atoms with van der Waals surface area (Å²) in [5, 5.41) is 2.72. The van der Waals surface area contributed by atoms with E-state index >= 15 is 0 Å². The highest BCUT2D eigenvalue weighted by Crippen LogP contribution is 2.08. The van der Waals surface area contributed by atoms with Crippen LogP contribution in [0.2, 0.25) is 0 Å². The number of ether oxygens (including phenoxy) is 2. The lowest BCUT2D eigenvalue weighted by molar-refractivity contribution is -0.133. The minimum atomic E-state index is -0.615. The second-order valence-electron chi connectivity index (χ2n) is 5.72. The first-order valence-corrected chi connectivity index (χ1v) is 8.72. The van der Waals surface area contributed by atoms with Gasteiger partial charge in [0.05, 0.1) is 13.2 Å². The van der Waals surface area contributed by atoms with Gasteiger partial charge in [0.1, 0.15) is 6.61 Å². The fraction of sp³-hybridized carbons (Fsp3) is 0.500. The Morgan fingerprint density at radius 3 is 2.52 bits per heavy atom. The third-order valence-corrected chi connectivity index (χ3v) is 3.64. The van der Waals surface area contributed by atoms with Crippen LogP contribution in [0, 0.1) is 11.8 Å². The Hall–Kier alpha value is -2.48. The zero-order valence-corrected chi connectivity index (χ0v) is 15.0. The Morgan fingerprint density at radius 2 is 1.84 bits per heavy atom. The number of unbranched alkanes of at least 4 members (excludes halogenated alkanes) is 4. The van der Waals surface area contributed by atoms with Crippen molar-refractivity contribution in [3.63, 3.8) is 0 Å². The van der Waals surface area contributed by atoms with Gasteiger partial charge >= 0.3 is 12.1 Å². The van der Waals surface area contributed by atoms with Crippen molar-refractivity contribution in [3.05, 3.63) is 35.9 Å². The van der Waals surface area contributed by atoms with Crippen LogP contribution in [0.4, 0.5) is 4.79 Å². The van der Waals surface area contributed by atoms with E-state index in [1.807, 2.05) is 30.3 Å². The van der Waals surface area contributed by atoms with Crippen molar-refractivity contribution in [2.45, 2.75) is 58.1 Å². The fourth-order valence-corrected chi connectivity index (χ4v) is 2.24. The smallest absolute Gasteiger partial charge is 0.408 e. The van der Waals surface area contributed by atoms with Gasteiger partial charge in [-0.05, 0) is 12.0 Å². The molecule has 0 saturated heterocycles. The van der Waals surface area contributed by atoms with Gasteiger partial charge in [0.15, 0.2) is 0 Å². The molecule has 1 N–H and O–H groups in total. The Kier molecular flexibility index (Phi) is 10.6. The van der Waals surface area contributed by atoms with Crippen LogP contribution in [-0.2, 0) is 20.9 Å². The average molecular weight is 345 g/mol. The van der Waals surface area contributed by atoms with Crippen LogP contribution in [0.3, 0.4) is 0 Å². The number of rotatable bonds is 9. The third kappa shape index (κ3) is 10.1. The Labute approximate surface area is 150 Å². The van der Waals surface area contributed by atoms with Gasteiger partial charge in [0, 0.05) is 5.92 Å². The minimum Gasteiger partial charge on any atom is -0.459 e. The Balaban J connectivity index is 2.47. The maximum atomic E-state index is 12.0. The number of amides is 1. The molecule has 0 fully saturated rings. The molecule has 0 spiro atoms. The molecule has 1 aromatic rings. The van der Waals surface area contributed by atoms with Crippen LogP contribution in [0.25, 0.3) is 0 Å².